The number of hydrogen-bond donors (Lipinski definition) is 1. The number of oxazole rings is 1. The van der Waals surface area contributed by atoms with Crippen LogP contribution < -0.4 is 10.1 Å². The van der Waals surface area contributed by atoms with Crippen LogP contribution in [0.5, 0.6) is 5.75 Å². The molecule has 0 aliphatic heterocycles. The lowest BCUT2D eigenvalue weighted by molar-refractivity contribution is 0.102. The Hall–Kier alpha value is -3.60. The Morgan fingerprint density at radius 3 is 2.75 bits per heavy atom. The van der Waals surface area contributed by atoms with E-state index in [2.05, 4.69) is 10.3 Å². The molecule has 3 aromatic carbocycles. The van der Waals surface area contributed by atoms with Crippen LogP contribution in [0.3, 0.4) is 0 Å². The summed E-state index contributed by atoms with van der Waals surface area (Å²) >= 11 is 0. The topological polar surface area (TPSA) is 64.4 Å². The molecule has 0 saturated carbocycles. The average molecular weight is 372 g/mol. The molecule has 5 nitrogen and oxygen atoms in total. The van der Waals surface area contributed by atoms with Crippen LogP contribution >= 0.6 is 0 Å². The Morgan fingerprint density at radius 2 is 1.93 bits per heavy atom. The number of carbonyl (C=O) groups is 1. The van der Waals surface area contributed by atoms with Crippen LogP contribution in [0.1, 0.15) is 22.8 Å². The number of nitrogens with one attached hydrogen (secondary N) is 1. The van der Waals surface area contributed by atoms with Crippen molar-refractivity contribution in [3.05, 3.63) is 77.9 Å². The molecule has 5 heteroatoms. The van der Waals surface area contributed by atoms with Crippen molar-refractivity contribution in [2.45, 2.75) is 13.8 Å². The number of benzene rings is 3. The van der Waals surface area contributed by atoms with Crippen molar-refractivity contribution in [3.8, 4) is 17.2 Å². The van der Waals surface area contributed by atoms with Gasteiger partial charge in [0, 0.05) is 16.8 Å². The number of ether oxygens (including phenoxy) is 1. The molecule has 0 bridgehead atoms. The number of para-hydroxylation sites is 2. The lowest BCUT2D eigenvalue weighted by atomic mass is 10.1. The van der Waals surface area contributed by atoms with Crippen molar-refractivity contribution in [1.82, 2.24) is 4.98 Å². The number of rotatable bonds is 5. The second kappa shape index (κ2) is 7.56. The second-order valence-electron chi connectivity index (χ2n) is 6.43. The Bertz CT molecular complexity index is 1110. The number of carbonyl (C=O) groups excluding carboxylic acids is 1. The highest BCUT2D eigenvalue weighted by Gasteiger charge is 2.13. The molecular formula is C23H20N2O3. The number of aryl methyl sites for hydroxylation is 1. The number of amides is 1. The molecule has 4 aromatic rings. The highest BCUT2D eigenvalue weighted by molar-refractivity contribution is 6.05. The molecule has 0 fully saturated rings. The first kappa shape index (κ1) is 17.8. The van der Waals surface area contributed by atoms with Gasteiger partial charge < -0.3 is 14.5 Å². The average Bonchev–Trinajstić information content (AvgIpc) is 3.14. The molecule has 0 saturated heterocycles. The zero-order chi connectivity index (χ0) is 19.5. The van der Waals surface area contributed by atoms with Gasteiger partial charge in [-0.1, -0.05) is 24.3 Å². The fourth-order valence-corrected chi connectivity index (χ4v) is 2.97. The lowest BCUT2D eigenvalue weighted by Crippen LogP contribution is -2.13. The van der Waals surface area contributed by atoms with Crippen molar-refractivity contribution in [2.24, 2.45) is 0 Å². The molecule has 0 atom stereocenters. The van der Waals surface area contributed by atoms with E-state index < -0.39 is 0 Å². The summed E-state index contributed by atoms with van der Waals surface area (Å²) in [6, 6.07) is 20.5. The smallest absolute Gasteiger partial charge is 0.255 e. The molecule has 0 aliphatic rings. The van der Waals surface area contributed by atoms with Crippen molar-refractivity contribution < 1.29 is 13.9 Å². The molecule has 0 unspecified atom stereocenters. The van der Waals surface area contributed by atoms with E-state index in [1.165, 1.54) is 0 Å². The van der Waals surface area contributed by atoms with E-state index in [1.807, 2.05) is 68.4 Å². The number of nitrogens with zero attached hydrogens (tertiary/aromatic N) is 1. The fourth-order valence-electron chi connectivity index (χ4n) is 2.97. The maximum Gasteiger partial charge on any atom is 0.255 e. The van der Waals surface area contributed by atoms with E-state index in [0.29, 0.717) is 29.5 Å². The summed E-state index contributed by atoms with van der Waals surface area (Å²) in [5.74, 6) is 1.00. The number of aromatic nitrogens is 1. The lowest BCUT2D eigenvalue weighted by Gasteiger charge is -2.11. The van der Waals surface area contributed by atoms with Gasteiger partial charge in [-0.05, 0) is 61.9 Å². The first-order chi connectivity index (χ1) is 13.6. The SMILES string of the molecule is CCOc1cccc(C(=O)Nc2cc(-c3nc4ccccc4o3)ccc2C)c1. The molecule has 1 heterocycles. The highest BCUT2D eigenvalue weighted by Crippen LogP contribution is 2.28. The molecule has 140 valence electrons. The molecule has 4 rings (SSSR count). The largest absolute Gasteiger partial charge is 0.494 e. The van der Waals surface area contributed by atoms with Gasteiger partial charge in [0.1, 0.15) is 11.3 Å². The monoisotopic (exact) mass is 372 g/mol. The van der Waals surface area contributed by atoms with E-state index in [9.17, 15) is 4.79 Å². The van der Waals surface area contributed by atoms with E-state index in [0.717, 1.165) is 22.2 Å². The number of anilines is 1. The summed E-state index contributed by atoms with van der Waals surface area (Å²) in [6.07, 6.45) is 0. The van der Waals surface area contributed by atoms with Crippen molar-refractivity contribution in [2.75, 3.05) is 11.9 Å². The third-order valence-corrected chi connectivity index (χ3v) is 4.43. The van der Waals surface area contributed by atoms with E-state index in [-0.39, 0.29) is 5.91 Å². The summed E-state index contributed by atoms with van der Waals surface area (Å²) in [6.45, 7) is 4.41. The molecule has 0 aliphatic carbocycles. The molecule has 1 aromatic heterocycles. The van der Waals surface area contributed by atoms with Gasteiger partial charge >= 0.3 is 0 Å². The normalized spacial score (nSPS) is 10.8. The predicted molar refractivity (Wildman–Crippen MR) is 110 cm³/mol. The number of hydrogen-bond acceptors (Lipinski definition) is 4. The molecule has 1 amide bonds. The first-order valence-corrected chi connectivity index (χ1v) is 9.15. The fraction of sp³-hybridized carbons (Fsp3) is 0.130. The summed E-state index contributed by atoms with van der Waals surface area (Å²) in [7, 11) is 0. The van der Waals surface area contributed by atoms with Crippen LogP contribution in [0, 0.1) is 6.92 Å². The molecule has 1 N–H and O–H groups in total. The highest BCUT2D eigenvalue weighted by atomic mass is 16.5. The summed E-state index contributed by atoms with van der Waals surface area (Å²) < 4.78 is 11.3. The zero-order valence-corrected chi connectivity index (χ0v) is 15.7. The first-order valence-electron chi connectivity index (χ1n) is 9.15. The Labute approximate surface area is 163 Å². The maximum atomic E-state index is 12.7. The Kier molecular flexibility index (Phi) is 4.81. The standard InChI is InChI=1S/C23H20N2O3/c1-3-27-18-8-6-7-16(13-18)22(26)24-20-14-17(12-11-15(20)2)23-25-19-9-4-5-10-21(19)28-23/h4-14H,3H2,1-2H3,(H,24,26). The van der Waals surface area contributed by atoms with Crippen LogP contribution in [0.25, 0.3) is 22.6 Å². The molecule has 28 heavy (non-hydrogen) atoms. The maximum absolute atomic E-state index is 12.7. The third-order valence-electron chi connectivity index (χ3n) is 4.43. The van der Waals surface area contributed by atoms with Gasteiger partial charge in [0.25, 0.3) is 5.91 Å². The second-order valence-corrected chi connectivity index (χ2v) is 6.43. The van der Waals surface area contributed by atoms with Crippen LogP contribution in [-0.4, -0.2) is 17.5 Å². The van der Waals surface area contributed by atoms with Gasteiger partial charge in [0.15, 0.2) is 5.58 Å². The van der Waals surface area contributed by atoms with Gasteiger partial charge in [-0.15, -0.1) is 0 Å². The minimum absolute atomic E-state index is 0.195. The Morgan fingerprint density at radius 1 is 1.07 bits per heavy atom. The van der Waals surface area contributed by atoms with Gasteiger partial charge in [-0.25, -0.2) is 4.98 Å². The van der Waals surface area contributed by atoms with Crippen LogP contribution in [0.4, 0.5) is 5.69 Å². The van der Waals surface area contributed by atoms with Crippen LogP contribution in [0.15, 0.2) is 71.1 Å². The summed E-state index contributed by atoms with van der Waals surface area (Å²) in [5, 5.41) is 2.98. The number of fused-ring (bicyclic) bond motifs is 1. The van der Waals surface area contributed by atoms with Gasteiger partial charge in [0.2, 0.25) is 5.89 Å². The minimum atomic E-state index is -0.195. The molecular weight excluding hydrogens is 352 g/mol. The minimum Gasteiger partial charge on any atom is -0.494 e. The van der Waals surface area contributed by atoms with Crippen LogP contribution in [0.2, 0.25) is 0 Å². The van der Waals surface area contributed by atoms with Crippen LogP contribution in [-0.2, 0) is 0 Å². The van der Waals surface area contributed by atoms with E-state index >= 15 is 0 Å². The Balaban J connectivity index is 1.62. The molecule has 0 radical (unpaired) electrons. The predicted octanol–water partition coefficient (Wildman–Crippen LogP) is 5.45. The molecule has 0 spiro atoms. The quantitative estimate of drug-likeness (QED) is 0.506. The van der Waals surface area contributed by atoms with Gasteiger partial charge in [-0.3, -0.25) is 4.79 Å². The summed E-state index contributed by atoms with van der Waals surface area (Å²) in [5.41, 5.74) is 4.55. The van der Waals surface area contributed by atoms with Gasteiger partial charge in [0.05, 0.1) is 6.61 Å². The zero-order valence-electron chi connectivity index (χ0n) is 15.7. The van der Waals surface area contributed by atoms with E-state index in [1.54, 1.807) is 12.1 Å². The van der Waals surface area contributed by atoms with E-state index in [4.69, 9.17) is 9.15 Å². The summed E-state index contributed by atoms with van der Waals surface area (Å²) in [4.78, 5) is 17.2. The van der Waals surface area contributed by atoms with Crippen molar-refractivity contribution >= 4 is 22.7 Å². The van der Waals surface area contributed by atoms with Crippen molar-refractivity contribution in [1.29, 1.82) is 0 Å². The van der Waals surface area contributed by atoms with Gasteiger partial charge in [-0.2, -0.15) is 0 Å². The third kappa shape index (κ3) is 3.60. The van der Waals surface area contributed by atoms with Crippen molar-refractivity contribution in [3.63, 3.8) is 0 Å².